The molecule has 2 amide bonds. The van der Waals surface area contributed by atoms with Crippen molar-refractivity contribution in [1.29, 1.82) is 0 Å². The van der Waals surface area contributed by atoms with E-state index in [4.69, 9.17) is 11.6 Å². The standard InChI is InChI=1S/C23H21ClF3N7O2/c1-12(2)10-28-22(36)20-17(11-29-33(20)3)31-21(35)16-9-19-30-15(13-4-6-14(24)7-5-13)8-18(23(25,26)27)34(19)32-16/h4-9,11-12H,10H2,1-3H3,(H,28,36)(H,31,35). The van der Waals surface area contributed by atoms with Crippen LogP contribution in [0.3, 0.4) is 0 Å². The van der Waals surface area contributed by atoms with Crippen molar-refractivity contribution in [3.8, 4) is 11.3 Å². The van der Waals surface area contributed by atoms with Crippen LogP contribution in [0.2, 0.25) is 5.02 Å². The minimum absolute atomic E-state index is 0.0368. The summed E-state index contributed by atoms with van der Waals surface area (Å²) in [5, 5.41) is 13.5. The Morgan fingerprint density at radius 2 is 1.81 bits per heavy atom. The number of aromatic nitrogens is 5. The van der Waals surface area contributed by atoms with Crippen LogP contribution < -0.4 is 10.6 Å². The van der Waals surface area contributed by atoms with Gasteiger partial charge >= 0.3 is 6.18 Å². The summed E-state index contributed by atoms with van der Waals surface area (Å²) in [6, 6.07) is 8.14. The maximum Gasteiger partial charge on any atom is 0.433 e. The van der Waals surface area contributed by atoms with E-state index in [-0.39, 0.29) is 34.3 Å². The zero-order valence-corrected chi connectivity index (χ0v) is 20.1. The van der Waals surface area contributed by atoms with Crippen molar-refractivity contribution in [3.63, 3.8) is 0 Å². The van der Waals surface area contributed by atoms with Gasteiger partial charge in [0.25, 0.3) is 11.8 Å². The number of halogens is 4. The molecule has 0 atom stereocenters. The maximum absolute atomic E-state index is 13.8. The number of carbonyl (C=O) groups is 2. The smallest absolute Gasteiger partial charge is 0.350 e. The lowest BCUT2D eigenvalue weighted by Gasteiger charge is -2.11. The van der Waals surface area contributed by atoms with Crippen molar-refractivity contribution in [2.45, 2.75) is 20.0 Å². The predicted molar refractivity (Wildman–Crippen MR) is 127 cm³/mol. The van der Waals surface area contributed by atoms with Gasteiger partial charge in [-0.05, 0) is 24.1 Å². The van der Waals surface area contributed by atoms with Crippen LogP contribution in [-0.2, 0) is 13.2 Å². The molecule has 2 N–H and O–H groups in total. The summed E-state index contributed by atoms with van der Waals surface area (Å²) in [4.78, 5) is 29.7. The molecule has 188 valence electrons. The average Bonchev–Trinajstić information content (AvgIpc) is 3.40. The summed E-state index contributed by atoms with van der Waals surface area (Å²) >= 11 is 5.88. The summed E-state index contributed by atoms with van der Waals surface area (Å²) in [5.74, 6) is -1.08. The third kappa shape index (κ3) is 5.18. The van der Waals surface area contributed by atoms with Crippen molar-refractivity contribution in [2.24, 2.45) is 13.0 Å². The Bertz CT molecular complexity index is 1440. The number of hydrogen-bond acceptors (Lipinski definition) is 5. The minimum atomic E-state index is -4.77. The van der Waals surface area contributed by atoms with Gasteiger partial charge in [0.2, 0.25) is 0 Å². The van der Waals surface area contributed by atoms with Crippen molar-refractivity contribution in [2.75, 3.05) is 11.9 Å². The molecule has 0 aliphatic carbocycles. The SMILES string of the molecule is CC(C)CNC(=O)c1c(NC(=O)c2cc3nc(-c4ccc(Cl)cc4)cc(C(F)(F)F)n3n2)cnn1C. The number of anilines is 1. The average molecular weight is 520 g/mol. The van der Waals surface area contributed by atoms with Crippen LogP contribution in [0.25, 0.3) is 16.9 Å². The first-order chi connectivity index (χ1) is 16.9. The van der Waals surface area contributed by atoms with Gasteiger partial charge in [-0.15, -0.1) is 0 Å². The number of hydrogen-bond donors (Lipinski definition) is 2. The van der Waals surface area contributed by atoms with E-state index in [1.165, 1.54) is 30.1 Å². The molecule has 36 heavy (non-hydrogen) atoms. The fourth-order valence-electron chi connectivity index (χ4n) is 3.42. The van der Waals surface area contributed by atoms with E-state index >= 15 is 0 Å². The summed E-state index contributed by atoms with van der Waals surface area (Å²) in [6.45, 7) is 4.26. The largest absolute Gasteiger partial charge is 0.433 e. The van der Waals surface area contributed by atoms with Crippen LogP contribution in [0, 0.1) is 5.92 Å². The van der Waals surface area contributed by atoms with Crippen molar-refractivity contribution < 1.29 is 22.8 Å². The first kappa shape index (κ1) is 25.2. The molecule has 9 nitrogen and oxygen atoms in total. The number of carbonyl (C=O) groups excluding carboxylic acids is 2. The number of amides is 2. The second-order valence-corrected chi connectivity index (χ2v) is 8.86. The molecule has 1 aromatic carbocycles. The Morgan fingerprint density at radius 1 is 1.11 bits per heavy atom. The van der Waals surface area contributed by atoms with E-state index in [9.17, 15) is 22.8 Å². The number of rotatable bonds is 6. The van der Waals surface area contributed by atoms with Gasteiger partial charge in [0.05, 0.1) is 17.6 Å². The van der Waals surface area contributed by atoms with E-state index in [1.54, 1.807) is 12.1 Å². The predicted octanol–water partition coefficient (Wildman–Crippen LogP) is 4.44. The lowest BCUT2D eigenvalue weighted by molar-refractivity contribution is -0.142. The topological polar surface area (TPSA) is 106 Å². The first-order valence-corrected chi connectivity index (χ1v) is 11.2. The highest BCUT2D eigenvalue weighted by atomic mass is 35.5. The van der Waals surface area contributed by atoms with Gasteiger partial charge in [0.15, 0.2) is 17.0 Å². The minimum Gasteiger partial charge on any atom is -0.350 e. The number of fused-ring (bicyclic) bond motifs is 1. The molecule has 0 aliphatic heterocycles. The Morgan fingerprint density at radius 3 is 2.44 bits per heavy atom. The molecule has 0 saturated heterocycles. The Kier molecular flexibility index (Phi) is 6.72. The highest BCUT2D eigenvalue weighted by molar-refractivity contribution is 6.30. The molecule has 0 saturated carbocycles. The van der Waals surface area contributed by atoms with Gasteiger partial charge in [0.1, 0.15) is 5.69 Å². The molecule has 0 radical (unpaired) electrons. The zero-order chi connectivity index (χ0) is 26.2. The van der Waals surface area contributed by atoms with Gasteiger partial charge in [-0.1, -0.05) is 37.6 Å². The summed E-state index contributed by atoms with van der Waals surface area (Å²) < 4.78 is 43.4. The fraction of sp³-hybridized carbons (Fsp3) is 0.261. The van der Waals surface area contributed by atoms with Crippen LogP contribution >= 0.6 is 11.6 Å². The van der Waals surface area contributed by atoms with Gasteiger partial charge in [-0.25, -0.2) is 9.50 Å². The molecule has 3 aromatic heterocycles. The molecule has 0 fully saturated rings. The number of aryl methyl sites for hydroxylation is 1. The number of benzene rings is 1. The maximum atomic E-state index is 13.8. The van der Waals surface area contributed by atoms with Crippen LogP contribution in [0.5, 0.6) is 0 Å². The van der Waals surface area contributed by atoms with E-state index in [0.717, 1.165) is 12.1 Å². The Labute approximate surface area is 208 Å². The third-order valence-corrected chi connectivity index (χ3v) is 5.42. The molecule has 4 rings (SSSR count). The van der Waals surface area contributed by atoms with E-state index in [0.29, 0.717) is 21.6 Å². The fourth-order valence-corrected chi connectivity index (χ4v) is 3.55. The first-order valence-electron chi connectivity index (χ1n) is 10.8. The summed E-state index contributed by atoms with van der Waals surface area (Å²) in [6.07, 6.45) is -3.50. The van der Waals surface area contributed by atoms with Crippen LogP contribution in [0.1, 0.15) is 40.5 Å². The zero-order valence-electron chi connectivity index (χ0n) is 19.4. The van der Waals surface area contributed by atoms with Gasteiger partial charge in [-0.2, -0.15) is 23.4 Å². The molecule has 13 heteroatoms. The van der Waals surface area contributed by atoms with Gasteiger partial charge < -0.3 is 10.6 Å². The lowest BCUT2D eigenvalue weighted by Crippen LogP contribution is -2.30. The summed E-state index contributed by atoms with van der Waals surface area (Å²) in [5.41, 5.74) is -0.980. The highest BCUT2D eigenvalue weighted by Gasteiger charge is 2.36. The Balaban J connectivity index is 1.69. The normalized spacial score (nSPS) is 11.8. The molecule has 3 heterocycles. The quantitative estimate of drug-likeness (QED) is 0.392. The van der Waals surface area contributed by atoms with E-state index in [1.807, 2.05) is 13.8 Å². The molecule has 0 spiro atoms. The second-order valence-electron chi connectivity index (χ2n) is 8.42. The highest BCUT2D eigenvalue weighted by Crippen LogP contribution is 2.32. The third-order valence-electron chi connectivity index (χ3n) is 5.16. The number of nitrogens with one attached hydrogen (secondary N) is 2. The number of nitrogens with zero attached hydrogens (tertiary/aromatic N) is 5. The lowest BCUT2D eigenvalue weighted by atomic mass is 10.1. The van der Waals surface area contributed by atoms with Crippen LogP contribution in [-0.4, -0.2) is 42.7 Å². The van der Waals surface area contributed by atoms with E-state index < -0.39 is 23.7 Å². The molecular formula is C23H21ClF3N7O2. The second kappa shape index (κ2) is 9.61. The van der Waals surface area contributed by atoms with Crippen LogP contribution in [0.15, 0.2) is 42.6 Å². The van der Waals surface area contributed by atoms with Gasteiger partial charge in [0, 0.05) is 30.2 Å². The molecular weight excluding hydrogens is 499 g/mol. The van der Waals surface area contributed by atoms with Crippen molar-refractivity contribution >= 4 is 34.7 Å². The molecule has 0 aliphatic rings. The van der Waals surface area contributed by atoms with Crippen LogP contribution in [0.4, 0.5) is 18.9 Å². The van der Waals surface area contributed by atoms with Gasteiger partial charge in [-0.3, -0.25) is 14.3 Å². The molecule has 4 aromatic rings. The Hall–Kier alpha value is -3.93. The van der Waals surface area contributed by atoms with Crippen molar-refractivity contribution in [3.05, 3.63) is 64.7 Å². The summed E-state index contributed by atoms with van der Waals surface area (Å²) in [7, 11) is 1.53. The number of alkyl halides is 3. The molecule has 0 bridgehead atoms. The monoisotopic (exact) mass is 519 g/mol. The molecule has 0 unspecified atom stereocenters. The van der Waals surface area contributed by atoms with Crippen molar-refractivity contribution in [1.82, 2.24) is 29.7 Å². The van der Waals surface area contributed by atoms with E-state index in [2.05, 4.69) is 25.8 Å².